The summed E-state index contributed by atoms with van der Waals surface area (Å²) in [5, 5.41) is 5.38. The lowest BCUT2D eigenvalue weighted by Gasteiger charge is -2.07. The molecular weight excluding hydrogens is 319 g/mol. The van der Waals surface area contributed by atoms with Gasteiger partial charge in [-0.2, -0.15) is 0 Å². The molecule has 2 aromatic carbocycles. The number of carbonyl (C=O) groups excluding carboxylic acids is 2. The van der Waals surface area contributed by atoms with Crippen LogP contribution >= 0.6 is 0 Å². The highest BCUT2D eigenvalue weighted by Gasteiger charge is 2.09. The van der Waals surface area contributed by atoms with Gasteiger partial charge in [-0.1, -0.05) is 48.5 Å². The molecule has 0 saturated carbocycles. The molecule has 0 radical (unpaired) electrons. The van der Waals surface area contributed by atoms with Gasteiger partial charge in [0.15, 0.2) is 0 Å². The Morgan fingerprint density at radius 1 is 0.800 bits per heavy atom. The molecule has 2 amide bonds. The van der Waals surface area contributed by atoms with Crippen molar-refractivity contribution in [2.45, 2.75) is 25.7 Å². The van der Waals surface area contributed by atoms with Crippen LogP contribution in [0.25, 0.3) is 0 Å². The van der Waals surface area contributed by atoms with Crippen molar-refractivity contribution >= 4 is 11.8 Å². The van der Waals surface area contributed by atoms with E-state index in [9.17, 15) is 14.0 Å². The first-order valence-electron chi connectivity index (χ1n) is 8.46. The zero-order valence-electron chi connectivity index (χ0n) is 14.1. The molecule has 0 aliphatic carbocycles. The van der Waals surface area contributed by atoms with Crippen LogP contribution in [-0.4, -0.2) is 24.9 Å². The average Bonchev–Trinajstić information content (AvgIpc) is 2.61. The fourth-order valence-electron chi connectivity index (χ4n) is 2.47. The lowest BCUT2D eigenvalue weighted by atomic mass is 10.1. The Hall–Kier alpha value is -2.69. The zero-order valence-corrected chi connectivity index (χ0v) is 14.1. The van der Waals surface area contributed by atoms with Crippen LogP contribution in [0.4, 0.5) is 4.39 Å². The van der Waals surface area contributed by atoms with Gasteiger partial charge in [0.05, 0.1) is 0 Å². The largest absolute Gasteiger partial charge is 0.356 e. The van der Waals surface area contributed by atoms with Gasteiger partial charge in [-0.05, 0) is 36.5 Å². The van der Waals surface area contributed by atoms with Crippen LogP contribution in [0.5, 0.6) is 0 Å². The van der Waals surface area contributed by atoms with Crippen LogP contribution in [-0.2, 0) is 22.4 Å². The number of amides is 2. The molecule has 4 nitrogen and oxygen atoms in total. The molecule has 0 aliphatic rings. The fourth-order valence-corrected chi connectivity index (χ4v) is 2.47. The third kappa shape index (κ3) is 7.16. The predicted octanol–water partition coefficient (Wildman–Crippen LogP) is 2.62. The molecule has 2 rings (SSSR count). The number of halogens is 1. The highest BCUT2D eigenvalue weighted by Crippen LogP contribution is 2.06. The van der Waals surface area contributed by atoms with Crippen LogP contribution in [0.3, 0.4) is 0 Å². The van der Waals surface area contributed by atoms with Crippen LogP contribution in [0.1, 0.15) is 24.0 Å². The van der Waals surface area contributed by atoms with Gasteiger partial charge < -0.3 is 10.6 Å². The van der Waals surface area contributed by atoms with E-state index in [-0.39, 0.29) is 24.1 Å². The summed E-state index contributed by atoms with van der Waals surface area (Å²) in [4.78, 5) is 23.4. The molecule has 0 unspecified atom stereocenters. The molecule has 132 valence electrons. The number of hydrogen-bond acceptors (Lipinski definition) is 2. The van der Waals surface area contributed by atoms with E-state index in [1.807, 2.05) is 30.3 Å². The Morgan fingerprint density at radius 3 is 2.16 bits per heavy atom. The Morgan fingerprint density at radius 2 is 1.44 bits per heavy atom. The minimum absolute atomic E-state index is 0.206. The van der Waals surface area contributed by atoms with Crippen molar-refractivity contribution in [2.75, 3.05) is 13.1 Å². The van der Waals surface area contributed by atoms with Gasteiger partial charge in [0.2, 0.25) is 11.8 Å². The van der Waals surface area contributed by atoms with Crippen LogP contribution in [0.15, 0.2) is 54.6 Å². The summed E-state index contributed by atoms with van der Waals surface area (Å²) in [5.41, 5.74) is 1.77. The van der Waals surface area contributed by atoms with E-state index in [2.05, 4.69) is 10.6 Å². The van der Waals surface area contributed by atoms with Gasteiger partial charge in [0, 0.05) is 13.1 Å². The quantitative estimate of drug-likeness (QED) is 0.544. The van der Waals surface area contributed by atoms with E-state index in [0.717, 1.165) is 12.8 Å². The summed E-state index contributed by atoms with van der Waals surface area (Å²) in [5.74, 6) is -0.929. The standard InChI is InChI=1S/C20H23FN2O2/c21-18-11-5-4-10-17(18)12-14-23-20(25)15-19(24)22-13-6-9-16-7-2-1-3-8-16/h1-5,7-8,10-11H,6,9,12-15H2,(H,22,24)(H,23,25). The first-order chi connectivity index (χ1) is 12.1. The SMILES string of the molecule is O=C(CC(=O)NCCc1ccccc1F)NCCCc1ccccc1. The molecule has 0 fully saturated rings. The summed E-state index contributed by atoms with van der Waals surface area (Å²) in [6, 6.07) is 16.5. The minimum atomic E-state index is -0.350. The predicted molar refractivity (Wildman–Crippen MR) is 95.5 cm³/mol. The summed E-state index contributed by atoms with van der Waals surface area (Å²) in [7, 11) is 0. The van der Waals surface area contributed by atoms with E-state index in [0.29, 0.717) is 25.1 Å². The fraction of sp³-hybridized carbons (Fsp3) is 0.300. The van der Waals surface area contributed by atoms with E-state index in [1.54, 1.807) is 18.2 Å². The van der Waals surface area contributed by atoms with E-state index >= 15 is 0 Å². The molecule has 0 aliphatic heterocycles. The molecule has 2 N–H and O–H groups in total. The number of carbonyl (C=O) groups is 2. The van der Waals surface area contributed by atoms with Crippen molar-refractivity contribution in [1.82, 2.24) is 10.6 Å². The Kier molecular flexibility index (Phi) is 7.63. The lowest BCUT2D eigenvalue weighted by Crippen LogP contribution is -2.33. The normalized spacial score (nSPS) is 10.3. The van der Waals surface area contributed by atoms with Crippen LogP contribution in [0, 0.1) is 5.82 Å². The molecule has 0 aromatic heterocycles. The zero-order chi connectivity index (χ0) is 17.9. The molecule has 0 atom stereocenters. The number of aryl methyl sites for hydroxylation is 1. The second kappa shape index (κ2) is 10.2. The average molecular weight is 342 g/mol. The lowest BCUT2D eigenvalue weighted by molar-refractivity contribution is -0.129. The Labute approximate surface area is 147 Å². The van der Waals surface area contributed by atoms with Crippen molar-refractivity contribution in [3.8, 4) is 0 Å². The molecule has 0 spiro atoms. The maximum absolute atomic E-state index is 13.4. The maximum atomic E-state index is 13.4. The van der Waals surface area contributed by atoms with Gasteiger partial charge in [0.1, 0.15) is 12.2 Å². The monoisotopic (exact) mass is 342 g/mol. The van der Waals surface area contributed by atoms with Crippen molar-refractivity contribution < 1.29 is 14.0 Å². The van der Waals surface area contributed by atoms with E-state index in [1.165, 1.54) is 11.6 Å². The Balaban J connectivity index is 1.57. The first kappa shape index (κ1) is 18.6. The van der Waals surface area contributed by atoms with Gasteiger partial charge in [-0.25, -0.2) is 4.39 Å². The summed E-state index contributed by atoms with van der Waals surface area (Å²) >= 11 is 0. The third-order valence-electron chi connectivity index (χ3n) is 3.80. The maximum Gasteiger partial charge on any atom is 0.229 e. The number of benzene rings is 2. The van der Waals surface area contributed by atoms with Gasteiger partial charge >= 0.3 is 0 Å². The van der Waals surface area contributed by atoms with Gasteiger partial charge in [-0.15, -0.1) is 0 Å². The van der Waals surface area contributed by atoms with Crippen molar-refractivity contribution in [2.24, 2.45) is 0 Å². The molecule has 0 bridgehead atoms. The van der Waals surface area contributed by atoms with Crippen molar-refractivity contribution in [1.29, 1.82) is 0 Å². The minimum Gasteiger partial charge on any atom is -0.356 e. The van der Waals surface area contributed by atoms with Crippen molar-refractivity contribution in [3.05, 3.63) is 71.5 Å². The highest BCUT2D eigenvalue weighted by atomic mass is 19.1. The van der Waals surface area contributed by atoms with Crippen LogP contribution in [0.2, 0.25) is 0 Å². The van der Waals surface area contributed by atoms with Crippen LogP contribution < -0.4 is 10.6 Å². The molecule has 0 saturated heterocycles. The van der Waals surface area contributed by atoms with Gasteiger partial charge in [-0.3, -0.25) is 9.59 Å². The summed E-state index contributed by atoms with van der Waals surface area (Å²) in [6.07, 6.45) is 1.90. The second-order valence-electron chi connectivity index (χ2n) is 5.81. The van der Waals surface area contributed by atoms with Gasteiger partial charge in [0.25, 0.3) is 0 Å². The van der Waals surface area contributed by atoms with Crippen molar-refractivity contribution in [3.63, 3.8) is 0 Å². The van der Waals surface area contributed by atoms with E-state index < -0.39 is 0 Å². The third-order valence-corrected chi connectivity index (χ3v) is 3.80. The molecule has 2 aromatic rings. The Bertz CT molecular complexity index is 689. The topological polar surface area (TPSA) is 58.2 Å². The smallest absolute Gasteiger partial charge is 0.229 e. The molecule has 5 heteroatoms. The number of rotatable bonds is 9. The molecular formula is C20H23FN2O2. The first-order valence-corrected chi connectivity index (χ1v) is 8.46. The summed E-state index contributed by atoms with van der Waals surface area (Å²) < 4.78 is 13.4. The molecule has 0 heterocycles. The van der Waals surface area contributed by atoms with E-state index in [4.69, 9.17) is 0 Å². The number of hydrogen-bond donors (Lipinski definition) is 2. The highest BCUT2D eigenvalue weighted by molar-refractivity contribution is 5.96. The second-order valence-corrected chi connectivity index (χ2v) is 5.81. The summed E-state index contributed by atoms with van der Waals surface area (Å²) in [6.45, 7) is 0.845. The molecule has 25 heavy (non-hydrogen) atoms. The number of nitrogens with one attached hydrogen (secondary N) is 2.